The molecule has 0 aliphatic rings. The predicted octanol–water partition coefficient (Wildman–Crippen LogP) is 1.24. The van der Waals surface area contributed by atoms with Crippen molar-refractivity contribution in [2.24, 2.45) is 0 Å². The number of carbonyl (C=O) groups excluding carboxylic acids is 1. The molecule has 0 spiro atoms. The van der Waals surface area contributed by atoms with Crippen LogP contribution in [0.5, 0.6) is 0 Å². The van der Waals surface area contributed by atoms with E-state index in [0.29, 0.717) is 12.6 Å². The van der Waals surface area contributed by atoms with Gasteiger partial charge >= 0.3 is 0 Å². The first-order valence-corrected chi connectivity index (χ1v) is 6.28. The summed E-state index contributed by atoms with van der Waals surface area (Å²) >= 11 is 1.78. The molecule has 14 heavy (non-hydrogen) atoms. The summed E-state index contributed by atoms with van der Waals surface area (Å²) in [5, 5.41) is 6.08. The summed E-state index contributed by atoms with van der Waals surface area (Å²) in [5.41, 5.74) is -0.137. The fourth-order valence-corrected chi connectivity index (χ4v) is 1.66. The lowest BCUT2D eigenvalue weighted by atomic mass is 10.1. The van der Waals surface area contributed by atoms with Crippen LogP contribution in [0.15, 0.2) is 0 Å². The molecule has 0 aromatic carbocycles. The molecule has 0 saturated carbocycles. The molecule has 84 valence electrons. The number of rotatable bonds is 5. The van der Waals surface area contributed by atoms with Gasteiger partial charge in [-0.2, -0.15) is 11.8 Å². The number of nitrogens with one attached hydrogen (secondary N) is 2. The van der Waals surface area contributed by atoms with Gasteiger partial charge in [-0.3, -0.25) is 4.79 Å². The lowest BCUT2D eigenvalue weighted by Crippen LogP contribution is -2.46. The number of amides is 1. The highest BCUT2D eigenvalue weighted by Gasteiger charge is 2.13. The smallest absolute Gasteiger partial charge is 0.234 e. The lowest BCUT2D eigenvalue weighted by Gasteiger charge is -2.21. The molecule has 0 bridgehead atoms. The van der Waals surface area contributed by atoms with E-state index < -0.39 is 0 Å². The Morgan fingerprint density at radius 2 is 2.00 bits per heavy atom. The fraction of sp³-hybridized carbons (Fsp3) is 0.900. The first kappa shape index (κ1) is 13.8. The van der Waals surface area contributed by atoms with Crippen LogP contribution in [0.25, 0.3) is 0 Å². The molecule has 0 aromatic rings. The Morgan fingerprint density at radius 3 is 2.43 bits per heavy atom. The highest BCUT2D eigenvalue weighted by molar-refractivity contribution is 7.98. The van der Waals surface area contributed by atoms with Crippen molar-refractivity contribution in [2.75, 3.05) is 18.6 Å². The van der Waals surface area contributed by atoms with Crippen molar-refractivity contribution in [2.45, 2.75) is 39.3 Å². The van der Waals surface area contributed by atoms with Gasteiger partial charge in [-0.15, -0.1) is 0 Å². The molecule has 1 unspecified atom stereocenters. The molecule has 0 fully saturated rings. The Bertz CT molecular complexity index is 177. The van der Waals surface area contributed by atoms with Crippen LogP contribution in [0, 0.1) is 0 Å². The van der Waals surface area contributed by atoms with Gasteiger partial charge in [0.05, 0.1) is 6.54 Å². The van der Waals surface area contributed by atoms with Gasteiger partial charge in [0.1, 0.15) is 0 Å². The summed E-state index contributed by atoms with van der Waals surface area (Å²) in [6.07, 6.45) is 2.06. The van der Waals surface area contributed by atoms with E-state index in [4.69, 9.17) is 0 Å². The normalized spacial score (nSPS) is 13.8. The minimum Gasteiger partial charge on any atom is -0.350 e. The molecule has 1 atom stereocenters. The van der Waals surface area contributed by atoms with E-state index in [0.717, 1.165) is 5.75 Å². The Kier molecular flexibility index (Phi) is 6.20. The summed E-state index contributed by atoms with van der Waals surface area (Å²) in [7, 11) is 0. The van der Waals surface area contributed by atoms with Gasteiger partial charge < -0.3 is 10.6 Å². The zero-order valence-corrected chi connectivity index (χ0v) is 10.6. The summed E-state index contributed by atoms with van der Waals surface area (Å²) < 4.78 is 0. The number of hydrogen-bond acceptors (Lipinski definition) is 3. The Balaban J connectivity index is 3.64. The highest BCUT2D eigenvalue weighted by atomic mass is 32.2. The van der Waals surface area contributed by atoms with Crippen molar-refractivity contribution in [3.05, 3.63) is 0 Å². The topological polar surface area (TPSA) is 41.1 Å². The van der Waals surface area contributed by atoms with Crippen LogP contribution < -0.4 is 10.6 Å². The van der Waals surface area contributed by atoms with Crippen LogP contribution >= 0.6 is 11.8 Å². The molecule has 1 amide bonds. The van der Waals surface area contributed by atoms with Gasteiger partial charge in [-0.25, -0.2) is 0 Å². The van der Waals surface area contributed by atoms with Crippen molar-refractivity contribution >= 4 is 17.7 Å². The van der Waals surface area contributed by atoms with Crippen LogP contribution in [0.2, 0.25) is 0 Å². The maximum Gasteiger partial charge on any atom is 0.234 e. The highest BCUT2D eigenvalue weighted by Crippen LogP contribution is 1.98. The third-order valence-electron chi connectivity index (χ3n) is 1.54. The first-order chi connectivity index (χ1) is 6.35. The van der Waals surface area contributed by atoms with Crippen molar-refractivity contribution in [1.82, 2.24) is 10.6 Å². The Labute approximate surface area is 91.4 Å². The second-order valence-corrected chi connectivity index (χ2v) is 5.45. The maximum atomic E-state index is 11.4. The predicted molar refractivity (Wildman–Crippen MR) is 63.7 cm³/mol. The molecular formula is C10H22N2OS. The van der Waals surface area contributed by atoms with Crippen molar-refractivity contribution in [3.8, 4) is 0 Å². The minimum absolute atomic E-state index is 0.0606. The molecule has 0 saturated heterocycles. The van der Waals surface area contributed by atoms with E-state index in [9.17, 15) is 4.79 Å². The molecule has 3 nitrogen and oxygen atoms in total. The molecule has 0 radical (unpaired) electrons. The van der Waals surface area contributed by atoms with E-state index in [1.54, 1.807) is 11.8 Å². The van der Waals surface area contributed by atoms with Crippen LogP contribution in [0.3, 0.4) is 0 Å². The quantitative estimate of drug-likeness (QED) is 0.729. The molecule has 0 aliphatic carbocycles. The summed E-state index contributed by atoms with van der Waals surface area (Å²) in [4.78, 5) is 11.4. The van der Waals surface area contributed by atoms with Gasteiger partial charge in [-0.05, 0) is 34.0 Å². The maximum absolute atomic E-state index is 11.4. The molecule has 4 heteroatoms. The van der Waals surface area contributed by atoms with Crippen LogP contribution in [-0.4, -0.2) is 36.0 Å². The van der Waals surface area contributed by atoms with E-state index in [2.05, 4.69) is 23.8 Å². The first-order valence-electron chi connectivity index (χ1n) is 4.88. The van der Waals surface area contributed by atoms with Crippen LogP contribution in [0.1, 0.15) is 27.7 Å². The molecular weight excluding hydrogens is 196 g/mol. The third kappa shape index (κ3) is 8.38. The molecule has 0 aliphatic heterocycles. The minimum atomic E-state index is -0.137. The van der Waals surface area contributed by atoms with Crippen molar-refractivity contribution < 1.29 is 4.79 Å². The lowest BCUT2D eigenvalue weighted by molar-refractivity contribution is -0.121. The average molecular weight is 218 g/mol. The summed E-state index contributed by atoms with van der Waals surface area (Å²) in [6, 6.07) is 0.385. The van der Waals surface area contributed by atoms with E-state index in [1.807, 2.05) is 20.8 Å². The summed E-state index contributed by atoms with van der Waals surface area (Å²) in [5.74, 6) is 1.09. The number of hydrogen-bond donors (Lipinski definition) is 2. The van der Waals surface area contributed by atoms with Gasteiger partial charge in [0.15, 0.2) is 0 Å². The standard InChI is InChI=1S/C10H22N2OS/c1-8(7-14-5)11-6-9(13)12-10(2,3)4/h8,11H,6-7H2,1-5H3,(H,12,13). The summed E-state index contributed by atoms with van der Waals surface area (Å²) in [6.45, 7) is 8.43. The van der Waals surface area contributed by atoms with Crippen molar-refractivity contribution in [1.29, 1.82) is 0 Å². The zero-order valence-electron chi connectivity index (χ0n) is 9.81. The SMILES string of the molecule is CSCC(C)NCC(=O)NC(C)(C)C. The average Bonchev–Trinajstić information content (AvgIpc) is 1.98. The Hall–Kier alpha value is -0.220. The van der Waals surface area contributed by atoms with Crippen molar-refractivity contribution in [3.63, 3.8) is 0 Å². The van der Waals surface area contributed by atoms with Gasteiger partial charge in [-0.1, -0.05) is 0 Å². The Morgan fingerprint density at radius 1 is 1.43 bits per heavy atom. The molecule has 2 N–H and O–H groups in total. The van der Waals surface area contributed by atoms with E-state index in [1.165, 1.54) is 0 Å². The number of thioether (sulfide) groups is 1. The van der Waals surface area contributed by atoms with Gasteiger partial charge in [0.2, 0.25) is 5.91 Å². The molecule has 0 heterocycles. The molecule has 0 rings (SSSR count). The molecule has 0 aromatic heterocycles. The van der Waals surface area contributed by atoms with E-state index >= 15 is 0 Å². The monoisotopic (exact) mass is 218 g/mol. The van der Waals surface area contributed by atoms with E-state index in [-0.39, 0.29) is 11.4 Å². The van der Waals surface area contributed by atoms with Crippen LogP contribution in [-0.2, 0) is 4.79 Å². The fourth-order valence-electron chi connectivity index (χ4n) is 1.04. The second kappa shape index (κ2) is 6.30. The van der Waals surface area contributed by atoms with Gasteiger partial charge in [0, 0.05) is 17.3 Å². The zero-order chi connectivity index (χ0) is 11.2. The largest absolute Gasteiger partial charge is 0.350 e. The van der Waals surface area contributed by atoms with Crippen LogP contribution in [0.4, 0.5) is 0 Å². The number of carbonyl (C=O) groups is 1. The second-order valence-electron chi connectivity index (χ2n) is 4.54. The third-order valence-corrected chi connectivity index (χ3v) is 2.38. The van der Waals surface area contributed by atoms with Gasteiger partial charge in [0.25, 0.3) is 0 Å².